The van der Waals surface area contributed by atoms with Gasteiger partial charge in [0.15, 0.2) is 5.82 Å². The summed E-state index contributed by atoms with van der Waals surface area (Å²) in [6, 6.07) is 8.55. The van der Waals surface area contributed by atoms with Gasteiger partial charge in [0.2, 0.25) is 17.7 Å². The number of thioether (sulfide) groups is 1. The second-order valence-corrected chi connectivity index (χ2v) is 6.94. The van der Waals surface area contributed by atoms with Gasteiger partial charge >= 0.3 is 0 Å². The number of primary amides is 1. The Balaban J connectivity index is 1.84. The van der Waals surface area contributed by atoms with Crippen LogP contribution in [0.3, 0.4) is 0 Å². The average Bonchev–Trinajstić information content (AvgIpc) is 2.98. The minimum Gasteiger partial charge on any atom is -0.369 e. The number of carbonyl (C=O) groups is 3. The molecule has 0 unspecified atom stereocenters. The lowest BCUT2D eigenvalue weighted by molar-refractivity contribution is -0.117. The molecule has 1 aromatic carbocycles. The minimum atomic E-state index is -0.477. The summed E-state index contributed by atoms with van der Waals surface area (Å²) < 4.78 is 4.88. The van der Waals surface area contributed by atoms with Gasteiger partial charge in [-0.15, -0.1) is 11.8 Å². The number of rotatable bonds is 8. The van der Waals surface area contributed by atoms with Gasteiger partial charge in [0.1, 0.15) is 5.76 Å². The molecule has 0 aliphatic rings. The number of nitrogens with two attached hydrogens (primary N) is 1. The summed E-state index contributed by atoms with van der Waals surface area (Å²) >= 11 is 1.18. The molecule has 0 aliphatic heterocycles. The number of anilines is 2. The minimum absolute atomic E-state index is 0.0412. The first-order valence-electron chi connectivity index (χ1n) is 7.87. The zero-order chi connectivity index (χ0) is 19.1. The van der Waals surface area contributed by atoms with Gasteiger partial charge in [-0.2, -0.15) is 0 Å². The monoisotopic (exact) mass is 376 g/mol. The quantitative estimate of drug-likeness (QED) is 0.643. The van der Waals surface area contributed by atoms with Crippen LogP contribution >= 0.6 is 11.8 Å². The van der Waals surface area contributed by atoms with Crippen LogP contribution in [0.4, 0.5) is 11.5 Å². The topological polar surface area (TPSA) is 127 Å². The molecule has 8 nitrogen and oxygen atoms in total. The number of hydrogen-bond acceptors (Lipinski definition) is 6. The van der Waals surface area contributed by atoms with E-state index in [0.717, 1.165) is 0 Å². The number of nitrogens with one attached hydrogen (secondary N) is 2. The molecule has 26 heavy (non-hydrogen) atoms. The molecule has 4 N–H and O–H groups in total. The summed E-state index contributed by atoms with van der Waals surface area (Å²) in [5.41, 5.74) is 6.39. The van der Waals surface area contributed by atoms with Crippen molar-refractivity contribution in [1.82, 2.24) is 5.16 Å². The van der Waals surface area contributed by atoms with Crippen LogP contribution in [-0.4, -0.2) is 33.9 Å². The van der Waals surface area contributed by atoms with E-state index in [1.165, 1.54) is 11.8 Å². The molecule has 0 spiro atoms. The maximum absolute atomic E-state index is 12.1. The molecule has 1 aromatic heterocycles. The van der Waals surface area contributed by atoms with E-state index in [2.05, 4.69) is 15.8 Å². The number of aryl methyl sites for hydroxylation is 1. The Labute approximate surface area is 154 Å². The van der Waals surface area contributed by atoms with Crippen molar-refractivity contribution in [2.24, 2.45) is 5.73 Å². The molecule has 3 amide bonds. The van der Waals surface area contributed by atoms with Gasteiger partial charge in [-0.3, -0.25) is 14.4 Å². The lowest BCUT2D eigenvalue weighted by atomic mass is 10.1. The third-order valence-electron chi connectivity index (χ3n) is 3.37. The summed E-state index contributed by atoms with van der Waals surface area (Å²) in [5.74, 6) is -0.0138. The normalized spacial score (nSPS) is 11.6. The van der Waals surface area contributed by atoms with Crippen LogP contribution in [-0.2, 0) is 20.8 Å². The maximum atomic E-state index is 12.1. The smallest absolute Gasteiger partial charge is 0.238 e. The van der Waals surface area contributed by atoms with E-state index in [9.17, 15) is 14.4 Å². The van der Waals surface area contributed by atoms with E-state index in [0.29, 0.717) is 22.8 Å². The van der Waals surface area contributed by atoms with Crippen molar-refractivity contribution < 1.29 is 18.9 Å². The van der Waals surface area contributed by atoms with Crippen molar-refractivity contribution in [3.8, 4) is 0 Å². The Morgan fingerprint density at radius 1 is 1.27 bits per heavy atom. The molecule has 0 aliphatic carbocycles. The molecule has 0 bridgehead atoms. The van der Waals surface area contributed by atoms with Crippen LogP contribution in [0.15, 0.2) is 34.9 Å². The van der Waals surface area contributed by atoms with Gasteiger partial charge in [0.25, 0.3) is 0 Å². The summed E-state index contributed by atoms with van der Waals surface area (Å²) in [4.78, 5) is 35.3. The Kier molecular flexibility index (Phi) is 6.79. The van der Waals surface area contributed by atoms with E-state index < -0.39 is 11.2 Å². The Morgan fingerprint density at radius 2 is 2.00 bits per heavy atom. The number of para-hydroxylation sites is 1. The second kappa shape index (κ2) is 9.04. The Hall–Kier alpha value is -2.81. The first kappa shape index (κ1) is 19.5. The maximum Gasteiger partial charge on any atom is 0.238 e. The molecule has 0 saturated carbocycles. The number of carbonyl (C=O) groups excluding carboxylic acids is 3. The first-order valence-corrected chi connectivity index (χ1v) is 8.92. The van der Waals surface area contributed by atoms with Crippen LogP contribution in [0.25, 0.3) is 0 Å². The van der Waals surface area contributed by atoms with Crippen LogP contribution in [0.2, 0.25) is 0 Å². The molecule has 0 fully saturated rings. The van der Waals surface area contributed by atoms with Gasteiger partial charge in [-0.25, -0.2) is 0 Å². The fourth-order valence-electron chi connectivity index (χ4n) is 2.10. The highest BCUT2D eigenvalue weighted by Gasteiger charge is 2.17. The SMILES string of the molecule is Cc1cc(NC(=O)[C@H](C)SCC(=O)Nc2ccccc2CC(N)=O)no1. The number of nitrogens with zero attached hydrogens (tertiary/aromatic N) is 1. The number of benzene rings is 1. The van der Waals surface area contributed by atoms with Gasteiger partial charge in [-0.05, 0) is 25.5 Å². The van der Waals surface area contributed by atoms with Crippen molar-refractivity contribution >= 4 is 41.0 Å². The highest BCUT2D eigenvalue weighted by molar-refractivity contribution is 8.01. The molecule has 2 aromatic rings. The second-order valence-electron chi connectivity index (χ2n) is 5.61. The molecule has 2 rings (SSSR count). The van der Waals surface area contributed by atoms with E-state index in [1.54, 1.807) is 44.2 Å². The van der Waals surface area contributed by atoms with E-state index in [4.69, 9.17) is 10.3 Å². The number of amides is 3. The number of aromatic nitrogens is 1. The lowest BCUT2D eigenvalue weighted by Crippen LogP contribution is -2.25. The zero-order valence-corrected chi connectivity index (χ0v) is 15.3. The lowest BCUT2D eigenvalue weighted by Gasteiger charge is -2.12. The fourth-order valence-corrected chi connectivity index (χ4v) is 2.78. The largest absolute Gasteiger partial charge is 0.369 e. The van der Waals surface area contributed by atoms with Crippen molar-refractivity contribution in [1.29, 1.82) is 0 Å². The molecule has 0 radical (unpaired) electrons. The predicted octanol–water partition coefficient (Wildman–Crippen LogP) is 1.71. The van der Waals surface area contributed by atoms with Gasteiger partial charge in [0.05, 0.1) is 17.4 Å². The standard InChI is InChI=1S/C17H20N4O4S/c1-10-7-15(21-25-10)20-17(24)11(2)26-9-16(23)19-13-6-4-3-5-12(13)8-14(18)22/h3-7,11H,8-9H2,1-2H3,(H2,18,22)(H,19,23)(H,20,21,24)/t11-/m0/s1. The molecule has 1 heterocycles. The zero-order valence-electron chi connectivity index (χ0n) is 14.4. The first-order chi connectivity index (χ1) is 12.3. The third-order valence-corrected chi connectivity index (χ3v) is 4.51. The third kappa shape index (κ3) is 5.92. The average molecular weight is 376 g/mol. The predicted molar refractivity (Wildman–Crippen MR) is 99.8 cm³/mol. The van der Waals surface area contributed by atoms with Gasteiger partial charge in [0, 0.05) is 11.8 Å². The van der Waals surface area contributed by atoms with Crippen LogP contribution in [0.5, 0.6) is 0 Å². The van der Waals surface area contributed by atoms with Gasteiger partial charge < -0.3 is 20.9 Å². The van der Waals surface area contributed by atoms with E-state index in [1.807, 2.05) is 0 Å². The van der Waals surface area contributed by atoms with Crippen LogP contribution in [0, 0.1) is 6.92 Å². The summed E-state index contributed by atoms with van der Waals surface area (Å²) in [5, 5.41) is 8.59. The molecule has 0 saturated heterocycles. The fraction of sp³-hybridized carbons (Fsp3) is 0.294. The highest BCUT2D eigenvalue weighted by atomic mass is 32.2. The van der Waals surface area contributed by atoms with E-state index in [-0.39, 0.29) is 24.0 Å². The van der Waals surface area contributed by atoms with Crippen molar-refractivity contribution in [2.45, 2.75) is 25.5 Å². The molecule has 9 heteroatoms. The summed E-state index contributed by atoms with van der Waals surface area (Å²) in [6.07, 6.45) is 0.0412. The summed E-state index contributed by atoms with van der Waals surface area (Å²) in [7, 11) is 0. The highest BCUT2D eigenvalue weighted by Crippen LogP contribution is 2.18. The van der Waals surface area contributed by atoms with E-state index >= 15 is 0 Å². The number of hydrogen-bond donors (Lipinski definition) is 3. The summed E-state index contributed by atoms with van der Waals surface area (Å²) in [6.45, 7) is 3.42. The van der Waals surface area contributed by atoms with Gasteiger partial charge in [-0.1, -0.05) is 23.4 Å². The molecule has 1 atom stereocenters. The van der Waals surface area contributed by atoms with Crippen LogP contribution < -0.4 is 16.4 Å². The molecular formula is C17H20N4O4S. The molecular weight excluding hydrogens is 356 g/mol. The molecule has 138 valence electrons. The van der Waals surface area contributed by atoms with Crippen molar-refractivity contribution in [3.05, 3.63) is 41.7 Å². The Bertz CT molecular complexity index is 806. The van der Waals surface area contributed by atoms with Crippen molar-refractivity contribution in [3.63, 3.8) is 0 Å². The van der Waals surface area contributed by atoms with Crippen LogP contribution in [0.1, 0.15) is 18.2 Å². The Morgan fingerprint density at radius 3 is 2.65 bits per heavy atom. The van der Waals surface area contributed by atoms with Crippen molar-refractivity contribution in [2.75, 3.05) is 16.4 Å².